The van der Waals surface area contributed by atoms with Crippen LogP contribution < -0.4 is 0 Å². The summed E-state index contributed by atoms with van der Waals surface area (Å²) in [6.07, 6.45) is 3.16. The van der Waals surface area contributed by atoms with Crippen LogP contribution in [0.1, 0.15) is 33.4 Å². The van der Waals surface area contributed by atoms with E-state index < -0.39 is 0 Å². The molecule has 0 unspecified atom stereocenters. The van der Waals surface area contributed by atoms with Gasteiger partial charge < -0.3 is 9.84 Å². The normalized spacial score (nSPS) is 10.8. The fourth-order valence-corrected chi connectivity index (χ4v) is 3.32. The number of benzene rings is 1. The standard InChI is InChI=1S/C18H19N3O3S/c1-3-24-18(23)15-7-19-21(8-15)9-17-20-16(11-25-17)14-5-12(2)4-13(6-14)10-22/h4-8,11,22H,3,9-10H2,1-2H3. The fourth-order valence-electron chi connectivity index (χ4n) is 2.53. The smallest absolute Gasteiger partial charge is 0.341 e. The van der Waals surface area contributed by atoms with E-state index in [1.54, 1.807) is 17.8 Å². The average Bonchev–Trinajstić information content (AvgIpc) is 3.24. The Morgan fingerprint density at radius 1 is 1.36 bits per heavy atom. The molecule has 1 aromatic carbocycles. The predicted octanol–water partition coefficient (Wildman–Crippen LogP) is 3.03. The van der Waals surface area contributed by atoms with Crippen molar-refractivity contribution in [3.05, 3.63) is 57.7 Å². The Morgan fingerprint density at radius 3 is 2.96 bits per heavy atom. The number of aryl methyl sites for hydroxylation is 1. The minimum Gasteiger partial charge on any atom is -0.462 e. The lowest BCUT2D eigenvalue weighted by Crippen LogP contribution is -2.04. The molecule has 1 N–H and O–H groups in total. The van der Waals surface area contributed by atoms with Gasteiger partial charge in [0.25, 0.3) is 0 Å². The van der Waals surface area contributed by atoms with Crippen LogP contribution in [-0.4, -0.2) is 32.4 Å². The number of aliphatic hydroxyl groups is 1. The molecule has 0 aliphatic rings. The van der Waals surface area contributed by atoms with Gasteiger partial charge in [-0.05, 0) is 31.5 Å². The van der Waals surface area contributed by atoms with Gasteiger partial charge in [-0.25, -0.2) is 9.78 Å². The molecule has 130 valence electrons. The third kappa shape index (κ3) is 4.12. The Kier molecular flexibility index (Phi) is 5.25. The highest BCUT2D eigenvalue weighted by Crippen LogP contribution is 2.25. The van der Waals surface area contributed by atoms with Crippen LogP contribution in [0.2, 0.25) is 0 Å². The molecule has 2 heterocycles. The molecule has 3 aromatic rings. The lowest BCUT2D eigenvalue weighted by atomic mass is 10.1. The summed E-state index contributed by atoms with van der Waals surface area (Å²) in [6, 6.07) is 5.95. The van der Waals surface area contributed by atoms with Gasteiger partial charge in [-0.15, -0.1) is 11.3 Å². The molecule has 0 radical (unpaired) electrons. The first-order chi connectivity index (χ1) is 12.1. The average molecular weight is 357 g/mol. The molecule has 0 bridgehead atoms. The number of hydrogen-bond acceptors (Lipinski definition) is 6. The summed E-state index contributed by atoms with van der Waals surface area (Å²) in [7, 11) is 0. The highest BCUT2D eigenvalue weighted by Gasteiger charge is 2.11. The van der Waals surface area contributed by atoms with Gasteiger partial charge in [-0.1, -0.05) is 11.6 Å². The number of nitrogens with zero attached hydrogens (tertiary/aromatic N) is 3. The quantitative estimate of drug-likeness (QED) is 0.686. The predicted molar refractivity (Wildman–Crippen MR) is 95.5 cm³/mol. The minimum atomic E-state index is -0.370. The maximum absolute atomic E-state index is 11.7. The summed E-state index contributed by atoms with van der Waals surface area (Å²) >= 11 is 1.54. The monoisotopic (exact) mass is 357 g/mol. The molecule has 25 heavy (non-hydrogen) atoms. The zero-order valence-electron chi connectivity index (χ0n) is 14.1. The van der Waals surface area contributed by atoms with Crippen molar-refractivity contribution < 1.29 is 14.6 Å². The highest BCUT2D eigenvalue weighted by molar-refractivity contribution is 7.09. The number of hydrogen-bond donors (Lipinski definition) is 1. The van der Waals surface area contributed by atoms with E-state index >= 15 is 0 Å². The van der Waals surface area contributed by atoms with Crippen molar-refractivity contribution in [3.63, 3.8) is 0 Å². The Hall–Kier alpha value is -2.51. The number of carbonyl (C=O) groups excluding carboxylic acids is 1. The molecule has 3 rings (SSSR count). The van der Waals surface area contributed by atoms with Crippen LogP contribution >= 0.6 is 11.3 Å². The highest BCUT2D eigenvalue weighted by atomic mass is 32.1. The zero-order chi connectivity index (χ0) is 17.8. The number of aromatic nitrogens is 3. The Labute approximate surface area is 149 Å². The Bertz CT molecular complexity index is 885. The van der Waals surface area contributed by atoms with Crippen LogP contribution in [0.4, 0.5) is 0 Å². The molecule has 0 atom stereocenters. The first-order valence-corrected chi connectivity index (χ1v) is 8.82. The Balaban J connectivity index is 1.76. The van der Waals surface area contributed by atoms with E-state index in [2.05, 4.69) is 10.1 Å². The van der Waals surface area contributed by atoms with Crippen molar-refractivity contribution in [1.29, 1.82) is 0 Å². The first-order valence-electron chi connectivity index (χ1n) is 7.95. The van der Waals surface area contributed by atoms with Crippen molar-refractivity contribution in [2.24, 2.45) is 0 Å². The van der Waals surface area contributed by atoms with Crippen LogP contribution in [0.3, 0.4) is 0 Å². The van der Waals surface area contributed by atoms with Crippen molar-refractivity contribution in [2.75, 3.05) is 6.61 Å². The summed E-state index contributed by atoms with van der Waals surface area (Å²) in [5.41, 5.74) is 4.25. The lowest BCUT2D eigenvalue weighted by Gasteiger charge is -2.03. The molecule has 2 aromatic heterocycles. The number of esters is 1. The van der Waals surface area contributed by atoms with Crippen molar-refractivity contribution in [2.45, 2.75) is 27.0 Å². The summed E-state index contributed by atoms with van der Waals surface area (Å²) < 4.78 is 6.63. The molecule has 6 nitrogen and oxygen atoms in total. The summed E-state index contributed by atoms with van der Waals surface area (Å²) in [5.74, 6) is -0.370. The first kappa shape index (κ1) is 17.3. The van der Waals surface area contributed by atoms with E-state index in [9.17, 15) is 9.90 Å². The van der Waals surface area contributed by atoms with Gasteiger partial charge in [0.05, 0.1) is 37.2 Å². The van der Waals surface area contributed by atoms with Gasteiger partial charge in [0, 0.05) is 17.1 Å². The second-order valence-corrected chi connectivity index (χ2v) is 6.58. The number of carbonyl (C=O) groups is 1. The van der Waals surface area contributed by atoms with Gasteiger partial charge in [0.15, 0.2) is 0 Å². The molecule has 0 spiro atoms. The molecule has 0 aliphatic heterocycles. The van der Waals surface area contributed by atoms with Crippen LogP contribution in [0.15, 0.2) is 36.0 Å². The van der Waals surface area contributed by atoms with Crippen LogP contribution in [0.25, 0.3) is 11.3 Å². The SMILES string of the molecule is CCOC(=O)c1cnn(Cc2nc(-c3cc(C)cc(CO)c3)cs2)c1. The third-order valence-electron chi connectivity index (χ3n) is 3.61. The molecule has 7 heteroatoms. The number of rotatable bonds is 6. The van der Waals surface area contributed by atoms with Crippen LogP contribution in [0, 0.1) is 6.92 Å². The summed E-state index contributed by atoms with van der Waals surface area (Å²) in [6.45, 7) is 4.61. The zero-order valence-corrected chi connectivity index (χ0v) is 14.9. The molecular formula is C18H19N3O3S. The van der Waals surface area contributed by atoms with Gasteiger partial charge in [-0.3, -0.25) is 4.68 Å². The van der Waals surface area contributed by atoms with Crippen molar-refractivity contribution >= 4 is 17.3 Å². The third-order valence-corrected chi connectivity index (χ3v) is 4.44. The van der Waals surface area contributed by atoms with E-state index in [0.29, 0.717) is 18.7 Å². The molecule has 0 saturated carbocycles. The van der Waals surface area contributed by atoms with Gasteiger partial charge >= 0.3 is 5.97 Å². The number of aliphatic hydroxyl groups excluding tert-OH is 1. The number of thiazole rings is 1. The molecule has 0 amide bonds. The summed E-state index contributed by atoms with van der Waals surface area (Å²) in [4.78, 5) is 16.3. The van der Waals surface area contributed by atoms with E-state index in [1.165, 1.54) is 17.5 Å². The van der Waals surface area contributed by atoms with E-state index in [1.807, 2.05) is 30.5 Å². The van der Waals surface area contributed by atoms with E-state index in [-0.39, 0.29) is 12.6 Å². The van der Waals surface area contributed by atoms with E-state index in [0.717, 1.165) is 27.4 Å². The maximum Gasteiger partial charge on any atom is 0.341 e. The topological polar surface area (TPSA) is 77.2 Å². The second-order valence-electron chi connectivity index (χ2n) is 5.64. The van der Waals surface area contributed by atoms with Gasteiger partial charge in [0.1, 0.15) is 5.01 Å². The van der Waals surface area contributed by atoms with Crippen molar-refractivity contribution in [1.82, 2.24) is 14.8 Å². The lowest BCUT2D eigenvalue weighted by molar-refractivity contribution is 0.0526. The van der Waals surface area contributed by atoms with Crippen molar-refractivity contribution in [3.8, 4) is 11.3 Å². The maximum atomic E-state index is 11.7. The fraction of sp³-hybridized carbons (Fsp3) is 0.278. The minimum absolute atomic E-state index is 0.00952. The molecular weight excluding hydrogens is 338 g/mol. The largest absolute Gasteiger partial charge is 0.462 e. The van der Waals surface area contributed by atoms with Gasteiger partial charge in [-0.2, -0.15) is 5.10 Å². The second kappa shape index (κ2) is 7.58. The Morgan fingerprint density at radius 2 is 2.20 bits per heavy atom. The van der Waals surface area contributed by atoms with E-state index in [4.69, 9.17) is 4.74 Å². The summed E-state index contributed by atoms with van der Waals surface area (Å²) in [5, 5.41) is 16.4. The van der Waals surface area contributed by atoms with Crippen LogP contribution in [-0.2, 0) is 17.9 Å². The number of ether oxygens (including phenoxy) is 1. The van der Waals surface area contributed by atoms with Gasteiger partial charge in [0.2, 0.25) is 0 Å². The molecule has 0 fully saturated rings. The molecule has 0 aliphatic carbocycles. The van der Waals surface area contributed by atoms with Crippen LogP contribution in [0.5, 0.6) is 0 Å². The molecule has 0 saturated heterocycles.